The lowest BCUT2D eigenvalue weighted by Gasteiger charge is -1.92. The van der Waals surface area contributed by atoms with Crippen LogP contribution in [0.25, 0.3) is 0 Å². The van der Waals surface area contributed by atoms with Gasteiger partial charge in [-0.05, 0) is 0 Å². The Labute approximate surface area is 39.3 Å². The summed E-state index contributed by atoms with van der Waals surface area (Å²) >= 11 is 0. The minimum Gasteiger partial charge on any atom is -0.227 e. The predicted octanol–water partition coefficient (Wildman–Crippen LogP) is 1.22. The highest BCUT2D eigenvalue weighted by Crippen LogP contribution is 2.01. The minimum absolute atomic E-state index is 1.25. The zero-order valence-electron chi connectivity index (χ0n) is 3.37. The summed E-state index contributed by atoms with van der Waals surface area (Å²) in [5.74, 6) is 1.25. The van der Waals surface area contributed by atoms with Gasteiger partial charge in [0.15, 0.2) is 0 Å². The van der Waals surface area contributed by atoms with Crippen LogP contribution in [0.15, 0.2) is 0 Å². The second kappa shape index (κ2) is 2.51. The number of rotatable bonds is 1. The Morgan fingerprint density at radius 3 is 1.71 bits per heavy atom. The molecule has 0 spiro atoms. The fraction of sp³-hybridized carbons (Fsp3) is 0.500. The van der Waals surface area contributed by atoms with Gasteiger partial charge in [0.2, 0.25) is 6.17 Å². The van der Waals surface area contributed by atoms with Crippen molar-refractivity contribution >= 4 is 0 Å². The molecule has 7 heavy (non-hydrogen) atoms. The van der Waals surface area contributed by atoms with Crippen LogP contribution in [0.5, 0.6) is 0 Å². The third kappa shape index (κ3) is 2.10. The molecule has 0 radical (unpaired) electrons. The molecule has 0 heterocycles. The van der Waals surface area contributed by atoms with Gasteiger partial charge in [0, 0.05) is 0 Å². The van der Waals surface area contributed by atoms with Crippen molar-refractivity contribution in [2.45, 2.75) is 12.6 Å². The van der Waals surface area contributed by atoms with E-state index >= 15 is 0 Å². The molecule has 0 amide bonds. The van der Waals surface area contributed by atoms with Crippen LogP contribution < -0.4 is 0 Å². The minimum atomic E-state index is -3.04. The van der Waals surface area contributed by atoms with Crippen molar-refractivity contribution in [1.82, 2.24) is 0 Å². The summed E-state index contributed by atoms with van der Waals surface area (Å²) in [7, 11) is 0. The van der Waals surface area contributed by atoms with Gasteiger partial charge in [0.1, 0.15) is 0 Å². The maximum absolute atomic E-state index is 11.3. The average Bonchev–Trinajstić information content (AvgIpc) is 1.65. The molecule has 1 atom stereocenters. The van der Waals surface area contributed by atoms with E-state index in [-0.39, 0.29) is 0 Å². The summed E-state index contributed by atoms with van der Waals surface area (Å²) in [4.78, 5) is 0. The molecule has 1 unspecified atom stereocenters. The van der Waals surface area contributed by atoms with Crippen molar-refractivity contribution in [3.05, 3.63) is 0 Å². The van der Waals surface area contributed by atoms with E-state index in [0.29, 0.717) is 0 Å². The Morgan fingerprint density at radius 1 is 1.29 bits per heavy atom. The molecule has 0 aromatic rings. The molecule has 0 fully saturated rings. The summed E-state index contributed by atoms with van der Waals surface area (Å²) < 4.78 is 33.1. The Kier molecular flexibility index (Phi) is 2.28. The number of hydrogen-bond acceptors (Lipinski definition) is 0. The van der Waals surface area contributed by atoms with Gasteiger partial charge >= 0.3 is 0 Å². The Balaban J connectivity index is 3.40. The monoisotopic (exact) mass is 108 g/mol. The van der Waals surface area contributed by atoms with Crippen LogP contribution in [-0.4, -0.2) is 12.6 Å². The molecule has 0 aliphatic rings. The normalized spacial score (nSPS) is 13.6. The molecule has 0 N–H and O–H groups in total. The SMILES string of the molecule is C#CC(F)C(F)F. The molecular formula is C4H3F3. The van der Waals surface area contributed by atoms with E-state index in [4.69, 9.17) is 0 Å². The van der Waals surface area contributed by atoms with Crippen LogP contribution in [-0.2, 0) is 0 Å². The summed E-state index contributed by atoms with van der Waals surface area (Å²) in [5.41, 5.74) is 0. The van der Waals surface area contributed by atoms with Gasteiger partial charge in [0.25, 0.3) is 6.43 Å². The molecule has 0 aliphatic heterocycles. The zero-order chi connectivity index (χ0) is 5.86. The molecule has 40 valence electrons. The van der Waals surface area contributed by atoms with Crippen molar-refractivity contribution in [1.29, 1.82) is 0 Å². The number of alkyl halides is 3. The van der Waals surface area contributed by atoms with Crippen LogP contribution in [0.1, 0.15) is 0 Å². The van der Waals surface area contributed by atoms with Crippen molar-refractivity contribution in [2.24, 2.45) is 0 Å². The van der Waals surface area contributed by atoms with Crippen LogP contribution in [0.3, 0.4) is 0 Å². The molecule has 0 saturated heterocycles. The van der Waals surface area contributed by atoms with E-state index in [9.17, 15) is 13.2 Å². The molecule has 3 heteroatoms. The van der Waals surface area contributed by atoms with Crippen LogP contribution in [0.2, 0.25) is 0 Å². The topological polar surface area (TPSA) is 0 Å². The lowest BCUT2D eigenvalue weighted by Crippen LogP contribution is -2.07. The van der Waals surface area contributed by atoms with Crippen LogP contribution >= 0.6 is 0 Å². The zero-order valence-corrected chi connectivity index (χ0v) is 3.37. The standard InChI is InChI=1S/C4H3F3/c1-2-3(5)4(6)7/h1,3-4H. The van der Waals surface area contributed by atoms with Gasteiger partial charge in [-0.2, -0.15) is 0 Å². The fourth-order valence-corrected chi connectivity index (χ4v) is 0.0727. The number of terminal acetylenes is 1. The van der Waals surface area contributed by atoms with E-state index in [1.165, 1.54) is 5.92 Å². The fourth-order valence-electron chi connectivity index (χ4n) is 0.0727. The molecule has 0 aromatic heterocycles. The van der Waals surface area contributed by atoms with Gasteiger partial charge in [0.05, 0.1) is 0 Å². The highest BCUT2D eigenvalue weighted by atomic mass is 19.3. The first kappa shape index (κ1) is 6.35. The molecule has 0 aromatic carbocycles. The van der Waals surface area contributed by atoms with Crippen molar-refractivity contribution < 1.29 is 13.2 Å². The highest BCUT2D eigenvalue weighted by molar-refractivity contribution is 4.94. The van der Waals surface area contributed by atoms with Gasteiger partial charge in [-0.15, -0.1) is 6.42 Å². The predicted molar refractivity (Wildman–Crippen MR) is 19.7 cm³/mol. The van der Waals surface area contributed by atoms with Crippen molar-refractivity contribution in [3.8, 4) is 12.3 Å². The lowest BCUT2D eigenvalue weighted by atomic mass is 10.4. The van der Waals surface area contributed by atoms with E-state index in [2.05, 4.69) is 6.42 Å². The van der Waals surface area contributed by atoms with Gasteiger partial charge in [-0.3, -0.25) is 0 Å². The highest BCUT2D eigenvalue weighted by Gasteiger charge is 2.14. The molecule has 0 bridgehead atoms. The van der Waals surface area contributed by atoms with Crippen LogP contribution in [0, 0.1) is 12.3 Å². The van der Waals surface area contributed by atoms with Crippen molar-refractivity contribution in [3.63, 3.8) is 0 Å². The van der Waals surface area contributed by atoms with Gasteiger partial charge in [-0.1, -0.05) is 5.92 Å². The summed E-state index contributed by atoms with van der Waals surface area (Å²) in [6.45, 7) is 0. The molecule has 0 saturated carbocycles. The Bertz CT molecular complexity index is 81.4. The molecule has 0 aliphatic carbocycles. The Hall–Kier alpha value is -0.650. The maximum atomic E-state index is 11.3. The first-order chi connectivity index (χ1) is 3.18. The van der Waals surface area contributed by atoms with Crippen molar-refractivity contribution in [2.75, 3.05) is 0 Å². The second-order valence-corrected chi connectivity index (χ2v) is 0.903. The lowest BCUT2D eigenvalue weighted by molar-refractivity contribution is 0.0798. The largest absolute Gasteiger partial charge is 0.280 e. The summed E-state index contributed by atoms with van der Waals surface area (Å²) in [6, 6.07) is 0. The second-order valence-electron chi connectivity index (χ2n) is 0.903. The number of hydrogen-bond donors (Lipinski definition) is 0. The first-order valence-electron chi connectivity index (χ1n) is 1.57. The van der Waals surface area contributed by atoms with E-state index < -0.39 is 12.6 Å². The maximum Gasteiger partial charge on any atom is 0.280 e. The van der Waals surface area contributed by atoms with E-state index in [1.807, 2.05) is 0 Å². The smallest absolute Gasteiger partial charge is 0.227 e. The first-order valence-corrected chi connectivity index (χ1v) is 1.57. The molecule has 0 rings (SSSR count). The molecule has 0 nitrogen and oxygen atoms in total. The number of halogens is 3. The van der Waals surface area contributed by atoms with E-state index in [1.54, 1.807) is 0 Å². The van der Waals surface area contributed by atoms with Gasteiger partial charge < -0.3 is 0 Å². The van der Waals surface area contributed by atoms with E-state index in [0.717, 1.165) is 0 Å². The summed E-state index contributed by atoms with van der Waals surface area (Å²) in [5, 5.41) is 0. The quantitative estimate of drug-likeness (QED) is 0.443. The van der Waals surface area contributed by atoms with Crippen LogP contribution in [0.4, 0.5) is 13.2 Å². The third-order valence-electron chi connectivity index (χ3n) is 0.380. The summed E-state index contributed by atoms with van der Waals surface area (Å²) in [6.07, 6.45) is -1.17. The van der Waals surface area contributed by atoms with Gasteiger partial charge in [-0.25, -0.2) is 13.2 Å². The Morgan fingerprint density at radius 2 is 1.71 bits per heavy atom. The third-order valence-corrected chi connectivity index (χ3v) is 0.380. The molecular weight excluding hydrogens is 105 g/mol. The average molecular weight is 108 g/mol.